The van der Waals surface area contributed by atoms with Crippen molar-refractivity contribution in [2.75, 3.05) is 6.54 Å². The summed E-state index contributed by atoms with van der Waals surface area (Å²) >= 11 is -0.556. The molecular weight excluding hydrogens is 337 g/mol. The summed E-state index contributed by atoms with van der Waals surface area (Å²) in [5, 5.41) is 4.72. The second kappa shape index (κ2) is 10.5. The van der Waals surface area contributed by atoms with E-state index in [1.54, 1.807) is 5.57 Å². The van der Waals surface area contributed by atoms with E-state index in [1.165, 1.54) is 12.8 Å². The quantitative estimate of drug-likeness (QED) is 0.398. The molecule has 1 nitrogen and oxygen atoms in total. The van der Waals surface area contributed by atoms with Crippen LogP contribution in [0.25, 0.3) is 5.32 Å². The van der Waals surface area contributed by atoms with Crippen molar-refractivity contribution in [1.29, 1.82) is 0 Å². The Kier molecular flexibility index (Phi) is 10.9. The van der Waals surface area contributed by atoms with Gasteiger partial charge in [-0.1, -0.05) is 57.9 Å². The van der Waals surface area contributed by atoms with Gasteiger partial charge in [0.15, 0.2) is 0 Å². The van der Waals surface area contributed by atoms with Crippen molar-refractivity contribution >= 4 is 18.6 Å². The van der Waals surface area contributed by atoms with E-state index < -0.39 is 17.0 Å². The molecule has 0 aliphatic heterocycles. The molecule has 2 aliphatic carbocycles. The minimum absolute atomic E-state index is 0. The SMILES string of the molecule is CC1CC2C=CC=C(CC[N-]C(C)(C)C)C2C1.[CH3-].[Cl][Ti][Cl]. The van der Waals surface area contributed by atoms with Gasteiger partial charge < -0.3 is 12.7 Å². The van der Waals surface area contributed by atoms with Crippen LogP contribution in [0, 0.1) is 25.2 Å². The Bertz CT molecular complexity index is 347. The summed E-state index contributed by atoms with van der Waals surface area (Å²) in [5.41, 5.74) is 1.77. The molecule has 2 rings (SSSR count). The van der Waals surface area contributed by atoms with Crippen LogP contribution in [0.15, 0.2) is 23.8 Å². The molecular formula is C17H29Cl2NTi-2. The molecule has 0 heterocycles. The maximum absolute atomic E-state index is 4.89. The second-order valence-electron chi connectivity index (χ2n) is 6.85. The standard InChI is InChI=1S/C16H26N.CH3.2ClH.Ti/c1-12-10-14-7-5-6-13(15(14)11-12)8-9-17-16(2,3)4;;;;/h5-7,12,14-15H,8-11H2,1-4H3;1H3;2*1H;/q2*-1;;;+2/p-2. The van der Waals surface area contributed by atoms with Gasteiger partial charge in [0.1, 0.15) is 0 Å². The first-order chi connectivity index (χ1) is 9.37. The van der Waals surface area contributed by atoms with Crippen molar-refractivity contribution in [1.82, 2.24) is 0 Å². The number of hydrogen-bond acceptors (Lipinski definition) is 0. The molecule has 3 unspecified atom stereocenters. The van der Waals surface area contributed by atoms with Crippen molar-refractivity contribution in [2.24, 2.45) is 17.8 Å². The van der Waals surface area contributed by atoms with Gasteiger partial charge in [-0.05, 0) is 30.6 Å². The fourth-order valence-electron chi connectivity index (χ4n) is 3.21. The van der Waals surface area contributed by atoms with Crippen LogP contribution in [-0.4, -0.2) is 12.1 Å². The van der Waals surface area contributed by atoms with E-state index in [4.69, 9.17) is 23.9 Å². The summed E-state index contributed by atoms with van der Waals surface area (Å²) in [6, 6.07) is 0. The fourth-order valence-corrected chi connectivity index (χ4v) is 3.21. The molecule has 4 heteroatoms. The number of nitrogens with zero attached hydrogens (tertiary/aromatic N) is 1. The summed E-state index contributed by atoms with van der Waals surface area (Å²) in [5.74, 6) is 2.54. The molecule has 0 amide bonds. The summed E-state index contributed by atoms with van der Waals surface area (Å²) in [6.45, 7) is 9.93. The van der Waals surface area contributed by atoms with Gasteiger partial charge in [-0.2, -0.15) is 0 Å². The summed E-state index contributed by atoms with van der Waals surface area (Å²) < 4.78 is 0. The van der Waals surface area contributed by atoms with Gasteiger partial charge in [-0.25, -0.2) is 0 Å². The summed E-state index contributed by atoms with van der Waals surface area (Å²) in [6.07, 6.45) is 11.0. The van der Waals surface area contributed by atoms with E-state index in [-0.39, 0.29) is 13.0 Å². The first-order valence-electron chi connectivity index (χ1n) is 7.39. The Morgan fingerprint density at radius 1 is 1.29 bits per heavy atom. The molecule has 0 spiro atoms. The van der Waals surface area contributed by atoms with E-state index >= 15 is 0 Å². The van der Waals surface area contributed by atoms with Gasteiger partial charge in [-0.15, -0.1) is 12.1 Å². The van der Waals surface area contributed by atoms with Crippen LogP contribution < -0.4 is 0 Å². The van der Waals surface area contributed by atoms with Crippen molar-refractivity contribution in [2.45, 2.75) is 52.5 Å². The molecule has 0 saturated heterocycles. The zero-order valence-corrected chi connectivity index (χ0v) is 17.1. The Morgan fingerprint density at radius 3 is 2.48 bits per heavy atom. The van der Waals surface area contributed by atoms with Gasteiger partial charge in [0.2, 0.25) is 0 Å². The van der Waals surface area contributed by atoms with Crippen molar-refractivity contribution < 1.29 is 17.0 Å². The van der Waals surface area contributed by atoms with Crippen LogP contribution in [0.4, 0.5) is 0 Å². The predicted octanol–water partition coefficient (Wildman–Crippen LogP) is 6.53. The zero-order chi connectivity index (χ0) is 15.2. The third kappa shape index (κ3) is 8.23. The number of rotatable bonds is 3. The molecule has 21 heavy (non-hydrogen) atoms. The van der Waals surface area contributed by atoms with Gasteiger partial charge in [0.05, 0.1) is 0 Å². The molecule has 0 aromatic heterocycles. The topological polar surface area (TPSA) is 14.1 Å². The van der Waals surface area contributed by atoms with Crippen LogP contribution >= 0.6 is 18.6 Å². The number of fused-ring (bicyclic) bond motifs is 1. The first-order valence-corrected chi connectivity index (χ1v) is 11.7. The number of hydrogen-bond donors (Lipinski definition) is 0. The Hall–Kier alpha value is 0.734. The predicted molar refractivity (Wildman–Crippen MR) is 93.3 cm³/mol. The van der Waals surface area contributed by atoms with Gasteiger partial charge >= 0.3 is 35.6 Å². The normalized spacial score (nSPS) is 27.0. The van der Waals surface area contributed by atoms with Crippen molar-refractivity contribution in [3.05, 3.63) is 36.5 Å². The van der Waals surface area contributed by atoms with Crippen molar-refractivity contribution in [3.63, 3.8) is 0 Å². The molecule has 3 atom stereocenters. The van der Waals surface area contributed by atoms with Crippen LogP contribution in [0.1, 0.15) is 47.0 Å². The third-order valence-electron chi connectivity index (χ3n) is 3.98. The van der Waals surface area contributed by atoms with Crippen molar-refractivity contribution in [3.8, 4) is 0 Å². The third-order valence-corrected chi connectivity index (χ3v) is 3.98. The molecule has 1 fully saturated rings. The monoisotopic (exact) mass is 365 g/mol. The minimum atomic E-state index is -0.556. The molecule has 0 aromatic rings. The van der Waals surface area contributed by atoms with E-state index in [2.05, 4.69) is 45.9 Å². The summed E-state index contributed by atoms with van der Waals surface area (Å²) in [7, 11) is 9.78. The average molecular weight is 366 g/mol. The average Bonchev–Trinajstić information content (AvgIpc) is 2.69. The molecule has 1 saturated carbocycles. The number of halogens is 2. The van der Waals surface area contributed by atoms with E-state index in [1.807, 2.05) is 0 Å². The Balaban J connectivity index is 0.000000922. The van der Waals surface area contributed by atoms with Crippen LogP contribution in [0.5, 0.6) is 0 Å². The van der Waals surface area contributed by atoms with Crippen LogP contribution in [-0.2, 0) is 17.0 Å². The Morgan fingerprint density at radius 2 is 1.90 bits per heavy atom. The summed E-state index contributed by atoms with van der Waals surface area (Å²) in [4.78, 5) is 0. The van der Waals surface area contributed by atoms with Gasteiger partial charge in [0.25, 0.3) is 0 Å². The molecule has 0 radical (unpaired) electrons. The second-order valence-corrected chi connectivity index (χ2v) is 9.43. The molecule has 0 aromatic carbocycles. The van der Waals surface area contributed by atoms with Crippen LogP contribution in [0.3, 0.4) is 0 Å². The van der Waals surface area contributed by atoms with Gasteiger partial charge in [-0.3, -0.25) is 0 Å². The molecule has 0 N–H and O–H groups in total. The Labute approximate surface area is 148 Å². The van der Waals surface area contributed by atoms with Gasteiger partial charge in [0, 0.05) is 0 Å². The first kappa shape index (κ1) is 21.7. The van der Waals surface area contributed by atoms with Crippen LogP contribution in [0.2, 0.25) is 0 Å². The molecule has 0 bridgehead atoms. The zero-order valence-electron chi connectivity index (χ0n) is 14.0. The van der Waals surface area contributed by atoms with E-state index in [0.717, 1.165) is 30.7 Å². The van der Waals surface area contributed by atoms with E-state index in [0.29, 0.717) is 0 Å². The molecule has 2 aliphatic rings. The fraction of sp³-hybridized carbons (Fsp3) is 0.706. The van der Waals surface area contributed by atoms with E-state index in [9.17, 15) is 0 Å². The number of allylic oxidation sites excluding steroid dienone is 3. The maximum atomic E-state index is 4.89. The molecule has 122 valence electrons.